The number of para-hydroxylation sites is 1. The number of hydrogen-bond acceptors (Lipinski definition) is 5. The number of phenols is 1. The zero-order chi connectivity index (χ0) is 20.3. The van der Waals surface area contributed by atoms with Gasteiger partial charge >= 0.3 is 5.97 Å². The minimum Gasteiger partial charge on any atom is -0.506 e. The van der Waals surface area contributed by atoms with E-state index in [9.17, 15) is 14.7 Å². The third kappa shape index (κ3) is 3.92. The summed E-state index contributed by atoms with van der Waals surface area (Å²) in [5.41, 5.74) is 2.03. The monoisotopic (exact) mass is 440 g/mol. The number of hydrogen-bond donors (Lipinski definition) is 1. The number of fused-ring (bicyclic) bond motifs is 1. The van der Waals surface area contributed by atoms with Gasteiger partial charge in [0.15, 0.2) is 6.61 Å². The van der Waals surface area contributed by atoms with Crippen molar-refractivity contribution in [3.05, 3.63) is 63.8 Å². The Balaban J connectivity index is 1.81. The molecule has 0 amide bonds. The summed E-state index contributed by atoms with van der Waals surface area (Å²) in [5.74, 6) is -1.36. The Bertz CT molecular complexity index is 1110. The van der Waals surface area contributed by atoms with Crippen LogP contribution in [0.1, 0.15) is 32.7 Å². The number of Topliss-reactive ketones (excluding diaryl/α,β-unsaturated/α-hetero) is 1. The van der Waals surface area contributed by atoms with E-state index in [1.165, 1.54) is 6.07 Å². The highest BCUT2D eigenvalue weighted by atomic mass is 79.9. The number of aryl methyl sites for hydroxylation is 2. The fraction of sp³-hybridized carbons (Fsp3) is 0.190. The van der Waals surface area contributed by atoms with Crippen LogP contribution in [0.25, 0.3) is 10.9 Å². The molecule has 0 fully saturated rings. The number of rotatable bonds is 6. The van der Waals surface area contributed by atoms with Crippen LogP contribution in [0.5, 0.6) is 5.75 Å². The standard InChI is InChI=1S/C21H17BrN2O4/c1-13-9-15(20(26)17(22)10-13)21(27)28-12-19(25)16-11-24(8-4-7-23)18-6-3-2-5-14(16)18/h2-3,5-6,9-11,26H,4,8,12H2,1H3. The fourth-order valence-electron chi connectivity index (χ4n) is 3.00. The molecule has 2 aromatic carbocycles. The molecule has 0 bridgehead atoms. The van der Waals surface area contributed by atoms with Crippen molar-refractivity contribution in [3.63, 3.8) is 0 Å². The van der Waals surface area contributed by atoms with E-state index in [0.717, 1.165) is 16.5 Å². The number of esters is 1. The summed E-state index contributed by atoms with van der Waals surface area (Å²) in [7, 11) is 0. The first kappa shape index (κ1) is 19.6. The number of phenolic OH excluding ortho intramolecular Hbond substituents is 1. The van der Waals surface area contributed by atoms with Gasteiger partial charge in [-0.2, -0.15) is 5.26 Å². The lowest BCUT2D eigenvalue weighted by atomic mass is 10.1. The Morgan fingerprint density at radius 1 is 1.25 bits per heavy atom. The van der Waals surface area contributed by atoms with Crippen molar-refractivity contribution in [2.24, 2.45) is 0 Å². The second-order valence-electron chi connectivity index (χ2n) is 6.30. The van der Waals surface area contributed by atoms with Gasteiger partial charge in [0.25, 0.3) is 0 Å². The van der Waals surface area contributed by atoms with E-state index >= 15 is 0 Å². The lowest BCUT2D eigenvalue weighted by molar-refractivity contribution is 0.0472. The molecule has 1 aromatic heterocycles. The summed E-state index contributed by atoms with van der Waals surface area (Å²) in [6, 6.07) is 12.6. The Kier molecular flexibility index (Phi) is 5.81. The molecule has 3 rings (SSSR count). The molecule has 0 unspecified atom stereocenters. The van der Waals surface area contributed by atoms with Crippen molar-refractivity contribution >= 4 is 38.6 Å². The van der Waals surface area contributed by atoms with E-state index in [0.29, 0.717) is 23.0 Å². The topological polar surface area (TPSA) is 92.3 Å². The van der Waals surface area contributed by atoms with Crippen LogP contribution < -0.4 is 0 Å². The van der Waals surface area contributed by atoms with Crippen molar-refractivity contribution in [1.82, 2.24) is 4.57 Å². The second-order valence-corrected chi connectivity index (χ2v) is 7.16. The zero-order valence-corrected chi connectivity index (χ0v) is 16.7. The summed E-state index contributed by atoms with van der Waals surface area (Å²) in [6.45, 7) is 1.80. The summed E-state index contributed by atoms with van der Waals surface area (Å²) < 4.78 is 7.37. The van der Waals surface area contributed by atoms with Gasteiger partial charge in [0.2, 0.25) is 5.78 Å². The maximum atomic E-state index is 12.7. The molecule has 1 N–H and O–H groups in total. The van der Waals surface area contributed by atoms with Crippen LogP contribution in [-0.4, -0.2) is 28.0 Å². The summed E-state index contributed by atoms with van der Waals surface area (Å²) >= 11 is 3.18. The van der Waals surface area contributed by atoms with Crippen molar-refractivity contribution in [1.29, 1.82) is 5.26 Å². The Morgan fingerprint density at radius 3 is 2.75 bits per heavy atom. The molecule has 0 atom stereocenters. The van der Waals surface area contributed by atoms with Gasteiger partial charge in [0.05, 0.1) is 17.0 Å². The molecule has 0 saturated heterocycles. The van der Waals surface area contributed by atoms with Gasteiger partial charge in [-0.05, 0) is 46.6 Å². The number of carbonyl (C=O) groups excluding carboxylic acids is 2. The van der Waals surface area contributed by atoms with E-state index in [4.69, 9.17) is 10.00 Å². The summed E-state index contributed by atoms with van der Waals surface area (Å²) in [5, 5.41) is 19.6. The highest BCUT2D eigenvalue weighted by Crippen LogP contribution is 2.30. The molecule has 7 heteroatoms. The SMILES string of the molecule is Cc1cc(Br)c(O)c(C(=O)OCC(=O)c2cn(CCC#N)c3ccccc23)c1. The van der Waals surface area contributed by atoms with Crippen molar-refractivity contribution in [3.8, 4) is 11.8 Å². The van der Waals surface area contributed by atoms with Crippen molar-refractivity contribution in [2.75, 3.05) is 6.61 Å². The minimum atomic E-state index is -0.775. The molecule has 1 heterocycles. The molecule has 0 spiro atoms. The largest absolute Gasteiger partial charge is 0.506 e. The lowest BCUT2D eigenvalue weighted by Gasteiger charge is -2.08. The quantitative estimate of drug-likeness (QED) is 0.453. The first-order chi connectivity index (χ1) is 13.4. The van der Waals surface area contributed by atoms with E-state index < -0.39 is 12.6 Å². The predicted molar refractivity (Wildman–Crippen MR) is 107 cm³/mol. The number of ether oxygens (including phenoxy) is 1. The van der Waals surface area contributed by atoms with Crippen molar-refractivity contribution < 1.29 is 19.4 Å². The van der Waals surface area contributed by atoms with Crippen molar-refractivity contribution in [2.45, 2.75) is 19.9 Å². The molecule has 6 nitrogen and oxygen atoms in total. The minimum absolute atomic E-state index is 0.00359. The van der Waals surface area contributed by atoms with Crippen LogP contribution in [0.15, 0.2) is 47.1 Å². The Hall–Kier alpha value is -3.11. The average molecular weight is 441 g/mol. The number of ketones is 1. The third-order valence-electron chi connectivity index (χ3n) is 4.32. The van der Waals surface area contributed by atoms with Gasteiger partial charge in [-0.25, -0.2) is 4.79 Å². The molecular formula is C21H17BrN2O4. The number of benzene rings is 2. The van der Waals surface area contributed by atoms with Gasteiger partial charge in [0, 0.05) is 29.2 Å². The van der Waals surface area contributed by atoms with Crippen LogP contribution >= 0.6 is 15.9 Å². The van der Waals surface area contributed by atoms with E-state index in [-0.39, 0.29) is 17.1 Å². The maximum absolute atomic E-state index is 12.7. The van der Waals surface area contributed by atoms with Crippen LogP contribution in [-0.2, 0) is 11.3 Å². The number of aromatic hydroxyl groups is 1. The summed E-state index contributed by atoms with van der Waals surface area (Å²) in [4.78, 5) is 25.0. The highest BCUT2D eigenvalue weighted by molar-refractivity contribution is 9.10. The fourth-order valence-corrected chi connectivity index (χ4v) is 3.58. The van der Waals surface area contributed by atoms with Crippen LogP contribution in [0, 0.1) is 18.3 Å². The molecular weight excluding hydrogens is 424 g/mol. The first-order valence-corrected chi connectivity index (χ1v) is 9.36. The molecule has 0 aliphatic carbocycles. The lowest BCUT2D eigenvalue weighted by Crippen LogP contribution is -2.14. The van der Waals surface area contributed by atoms with E-state index in [1.807, 2.05) is 28.8 Å². The average Bonchev–Trinajstić information content (AvgIpc) is 3.06. The Labute approximate surface area is 170 Å². The third-order valence-corrected chi connectivity index (χ3v) is 4.92. The number of nitriles is 1. The maximum Gasteiger partial charge on any atom is 0.342 e. The van der Waals surface area contributed by atoms with Gasteiger partial charge in [0.1, 0.15) is 11.3 Å². The highest BCUT2D eigenvalue weighted by Gasteiger charge is 2.20. The van der Waals surface area contributed by atoms with Crippen LogP contribution in [0.4, 0.5) is 0 Å². The first-order valence-electron chi connectivity index (χ1n) is 8.56. The second kappa shape index (κ2) is 8.28. The smallest absolute Gasteiger partial charge is 0.342 e. The molecule has 0 radical (unpaired) electrons. The van der Waals surface area contributed by atoms with Gasteiger partial charge in [-0.15, -0.1) is 0 Å². The molecule has 0 saturated carbocycles. The normalized spacial score (nSPS) is 10.6. The number of halogens is 1. The number of nitrogens with zero attached hydrogens (tertiary/aromatic N) is 2. The molecule has 0 aliphatic rings. The molecule has 142 valence electrons. The number of aromatic nitrogens is 1. The van der Waals surface area contributed by atoms with Gasteiger partial charge in [-0.1, -0.05) is 18.2 Å². The van der Waals surface area contributed by atoms with Gasteiger partial charge < -0.3 is 14.4 Å². The number of carbonyl (C=O) groups is 2. The molecule has 28 heavy (non-hydrogen) atoms. The molecule has 0 aliphatic heterocycles. The van der Waals surface area contributed by atoms with Crippen LogP contribution in [0.2, 0.25) is 0 Å². The summed E-state index contributed by atoms with van der Waals surface area (Å²) in [6.07, 6.45) is 2.00. The Morgan fingerprint density at radius 2 is 2.00 bits per heavy atom. The van der Waals surface area contributed by atoms with E-state index in [2.05, 4.69) is 22.0 Å². The van der Waals surface area contributed by atoms with Gasteiger partial charge in [-0.3, -0.25) is 4.79 Å². The van der Waals surface area contributed by atoms with Crippen LogP contribution in [0.3, 0.4) is 0 Å². The molecule has 3 aromatic rings. The predicted octanol–water partition coefficient (Wildman–Crippen LogP) is 4.37. The zero-order valence-electron chi connectivity index (χ0n) is 15.1. The van der Waals surface area contributed by atoms with E-state index in [1.54, 1.807) is 19.2 Å².